The highest BCUT2D eigenvalue weighted by molar-refractivity contribution is 7.18. The smallest absolute Gasteiger partial charge is 0.382 e. The third-order valence-corrected chi connectivity index (χ3v) is 7.55. The van der Waals surface area contributed by atoms with E-state index in [0.717, 1.165) is 54.9 Å². The van der Waals surface area contributed by atoms with E-state index in [1.807, 2.05) is 24.3 Å². The Kier molecular flexibility index (Phi) is 5.32. The number of rotatable bonds is 5. The average Bonchev–Trinajstić information content (AvgIpc) is 3.31. The number of benzene rings is 1. The van der Waals surface area contributed by atoms with Crippen molar-refractivity contribution in [3.8, 4) is 6.07 Å². The highest BCUT2D eigenvalue weighted by atomic mass is 32.1. The third-order valence-electron chi connectivity index (χ3n) is 6.52. The molecule has 2 fully saturated rings. The molecular weight excluding hydrogens is 449 g/mol. The number of hydrogen-bond donors (Lipinski definition) is 2. The van der Waals surface area contributed by atoms with Gasteiger partial charge in [0.2, 0.25) is 5.95 Å². The van der Waals surface area contributed by atoms with Crippen molar-refractivity contribution in [1.82, 2.24) is 9.97 Å². The van der Waals surface area contributed by atoms with E-state index in [4.69, 9.17) is 11.0 Å². The first kappa shape index (κ1) is 21.8. The Balaban J connectivity index is 1.26. The molecule has 1 aliphatic heterocycles. The van der Waals surface area contributed by atoms with Gasteiger partial charge in [-0.15, -0.1) is 11.3 Å². The van der Waals surface area contributed by atoms with Crippen LogP contribution >= 0.6 is 11.3 Å². The topological polar surface area (TPSA) is 90.9 Å². The molecule has 6 nitrogen and oxygen atoms in total. The molecule has 33 heavy (non-hydrogen) atoms. The number of nitrogens with one attached hydrogen (secondary N) is 1. The molecule has 0 atom stereocenters. The highest BCUT2D eigenvalue weighted by Gasteiger charge is 2.49. The maximum absolute atomic E-state index is 12.9. The quantitative estimate of drug-likeness (QED) is 0.548. The van der Waals surface area contributed by atoms with Gasteiger partial charge in [-0.2, -0.15) is 23.4 Å². The zero-order valence-corrected chi connectivity index (χ0v) is 18.6. The van der Waals surface area contributed by atoms with Gasteiger partial charge in [0.05, 0.1) is 24.3 Å². The van der Waals surface area contributed by atoms with Gasteiger partial charge >= 0.3 is 6.18 Å². The molecule has 172 valence electrons. The second kappa shape index (κ2) is 8.06. The van der Waals surface area contributed by atoms with Crippen molar-refractivity contribution in [2.45, 2.75) is 44.3 Å². The zero-order valence-electron chi connectivity index (χ0n) is 17.8. The molecule has 0 amide bonds. The number of alkyl halides is 3. The standard InChI is InChI=1S/C23H23F3N6S/c24-23(25,26)12-17-9-18-19(30-21(28)31-20(18)33-17)32-8-6-22(13-32)10-16(11-22)29-15-3-1-14(2-4-15)5-7-27/h1-4,9,16,29H,5-6,8,10-13H2,(H2,28,30,31). The van der Waals surface area contributed by atoms with Crippen molar-refractivity contribution in [3.63, 3.8) is 0 Å². The number of nitrogens with two attached hydrogens (primary N) is 1. The van der Waals surface area contributed by atoms with Crippen LogP contribution in [0.25, 0.3) is 10.2 Å². The van der Waals surface area contributed by atoms with Crippen LogP contribution in [0.3, 0.4) is 0 Å². The Labute approximate surface area is 193 Å². The summed E-state index contributed by atoms with van der Waals surface area (Å²) in [6, 6.07) is 12.0. The van der Waals surface area contributed by atoms with E-state index in [0.29, 0.717) is 28.5 Å². The van der Waals surface area contributed by atoms with Crippen LogP contribution in [-0.4, -0.2) is 35.3 Å². The predicted molar refractivity (Wildman–Crippen MR) is 123 cm³/mol. The lowest BCUT2D eigenvalue weighted by atomic mass is 9.65. The molecule has 1 aromatic carbocycles. The van der Waals surface area contributed by atoms with Gasteiger partial charge in [0, 0.05) is 29.7 Å². The molecule has 0 unspecified atom stereocenters. The van der Waals surface area contributed by atoms with Crippen LogP contribution in [0.5, 0.6) is 0 Å². The Morgan fingerprint density at radius 3 is 2.70 bits per heavy atom. The van der Waals surface area contributed by atoms with Crippen LogP contribution in [-0.2, 0) is 12.8 Å². The average molecular weight is 473 g/mol. The Morgan fingerprint density at radius 1 is 1.24 bits per heavy atom. The molecule has 1 saturated carbocycles. The molecule has 2 aromatic heterocycles. The summed E-state index contributed by atoms with van der Waals surface area (Å²) in [6.07, 6.45) is -1.77. The number of hydrogen-bond acceptors (Lipinski definition) is 7. The molecule has 3 aromatic rings. The summed E-state index contributed by atoms with van der Waals surface area (Å²) in [4.78, 5) is 11.5. The predicted octanol–water partition coefficient (Wildman–Crippen LogP) is 4.92. The second-order valence-corrected chi connectivity index (χ2v) is 10.2. The van der Waals surface area contributed by atoms with E-state index in [9.17, 15) is 13.2 Å². The Morgan fingerprint density at radius 2 is 2.00 bits per heavy atom. The first-order chi connectivity index (χ1) is 15.7. The fourth-order valence-electron chi connectivity index (χ4n) is 5.08. The normalized spacial score (nSPS) is 22.5. The third kappa shape index (κ3) is 4.55. The minimum absolute atomic E-state index is 0.0897. The van der Waals surface area contributed by atoms with Gasteiger partial charge < -0.3 is 16.0 Å². The molecule has 10 heteroatoms. The van der Waals surface area contributed by atoms with Crippen molar-refractivity contribution < 1.29 is 13.2 Å². The molecule has 1 aliphatic carbocycles. The fraction of sp³-hybridized carbons (Fsp3) is 0.435. The van der Waals surface area contributed by atoms with Crippen LogP contribution < -0.4 is 16.0 Å². The van der Waals surface area contributed by atoms with Crippen LogP contribution in [0, 0.1) is 16.7 Å². The van der Waals surface area contributed by atoms with E-state index >= 15 is 0 Å². The summed E-state index contributed by atoms with van der Waals surface area (Å²) in [7, 11) is 0. The number of anilines is 3. The minimum atomic E-state index is -4.26. The molecule has 5 rings (SSSR count). The maximum Gasteiger partial charge on any atom is 0.393 e. The summed E-state index contributed by atoms with van der Waals surface area (Å²) in [5.74, 6) is 0.732. The number of nitrogen functional groups attached to an aromatic ring is 1. The van der Waals surface area contributed by atoms with E-state index in [1.165, 1.54) is 0 Å². The van der Waals surface area contributed by atoms with Crippen molar-refractivity contribution >= 4 is 39.0 Å². The SMILES string of the molecule is N#CCc1ccc(NC2CC3(CCN(c4nc(N)nc5sc(CC(F)(F)F)cc45)C3)C2)cc1. The molecule has 2 aliphatic rings. The summed E-state index contributed by atoms with van der Waals surface area (Å²) in [5, 5.41) is 13.0. The minimum Gasteiger partial charge on any atom is -0.382 e. The highest BCUT2D eigenvalue weighted by Crippen LogP contribution is 2.50. The molecule has 1 spiro atoms. The van der Waals surface area contributed by atoms with Crippen molar-refractivity contribution in [2.24, 2.45) is 5.41 Å². The summed E-state index contributed by atoms with van der Waals surface area (Å²) in [5.41, 5.74) is 8.11. The lowest BCUT2D eigenvalue weighted by molar-refractivity contribution is -0.126. The fourth-order valence-corrected chi connectivity index (χ4v) is 6.14. The van der Waals surface area contributed by atoms with Crippen molar-refractivity contribution in [1.29, 1.82) is 5.26 Å². The van der Waals surface area contributed by atoms with E-state index < -0.39 is 12.6 Å². The first-order valence-corrected chi connectivity index (χ1v) is 11.6. The van der Waals surface area contributed by atoms with Crippen LogP contribution in [0.4, 0.5) is 30.6 Å². The number of nitriles is 1. The van der Waals surface area contributed by atoms with Gasteiger partial charge in [-0.25, -0.2) is 4.98 Å². The van der Waals surface area contributed by atoms with E-state index in [-0.39, 0.29) is 16.2 Å². The Hall–Kier alpha value is -3.06. The molecule has 1 saturated heterocycles. The van der Waals surface area contributed by atoms with Crippen molar-refractivity contribution in [2.75, 3.05) is 29.0 Å². The summed E-state index contributed by atoms with van der Waals surface area (Å²) < 4.78 is 38.6. The number of fused-ring (bicyclic) bond motifs is 1. The van der Waals surface area contributed by atoms with E-state index in [1.54, 1.807) is 6.07 Å². The lowest BCUT2D eigenvalue weighted by Gasteiger charge is -2.46. The van der Waals surface area contributed by atoms with Gasteiger partial charge in [-0.1, -0.05) is 12.1 Å². The lowest BCUT2D eigenvalue weighted by Crippen LogP contribution is -2.46. The van der Waals surface area contributed by atoms with Gasteiger partial charge in [0.15, 0.2) is 0 Å². The molecule has 3 N–H and O–H groups in total. The first-order valence-electron chi connectivity index (χ1n) is 10.8. The van der Waals surface area contributed by atoms with Gasteiger partial charge in [-0.3, -0.25) is 0 Å². The molecular formula is C23H23F3N6S. The Bertz CT molecular complexity index is 1210. The monoisotopic (exact) mass is 472 g/mol. The van der Waals surface area contributed by atoms with Crippen molar-refractivity contribution in [3.05, 3.63) is 40.8 Å². The number of aromatic nitrogens is 2. The van der Waals surface area contributed by atoms with Gasteiger partial charge in [-0.05, 0) is 48.4 Å². The van der Waals surface area contributed by atoms with Gasteiger partial charge in [0.25, 0.3) is 0 Å². The summed E-state index contributed by atoms with van der Waals surface area (Å²) in [6.45, 7) is 1.61. The summed E-state index contributed by atoms with van der Waals surface area (Å²) >= 11 is 1.03. The molecule has 0 radical (unpaired) electrons. The molecule has 3 heterocycles. The van der Waals surface area contributed by atoms with Crippen LogP contribution in [0.1, 0.15) is 29.7 Å². The van der Waals surface area contributed by atoms with Gasteiger partial charge in [0.1, 0.15) is 10.6 Å². The van der Waals surface area contributed by atoms with Crippen LogP contribution in [0.2, 0.25) is 0 Å². The largest absolute Gasteiger partial charge is 0.393 e. The maximum atomic E-state index is 12.9. The number of thiophene rings is 1. The van der Waals surface area contributed by atoms with Crippen LogP contribution in [0.15, 0.2) is 30.3 Å². The number of nitrogens with zero attached hydrogens (tertiary/aromatic N) is 4. The molecule has 0 bridgehead atoms. The number of halogens is 3. The zero-order chi connectivity index (χ0) is 23.2. The second-order valence-electron chi connectivity index (χ2n) is 9.08. The van der Waals surface area contributed by atoms with E-state index in [2.05, 4.69) is 26.3 Å².